The van der Waals surface area contributed by atoms with Gasteiger partial charge in [0.2, 0.25) is 11.8 Å². The standard InChI is InChI=1S/C26H33N5O3/c1-18(2)24(32)28-23-19(3)29-31(21-8-5-4-6-9-21)26(23)30-15-12-20(13-16-30)25(33)27-14-11-22-10-7-17-34-22/h4-10,17-18,20H,11-16H2,1-3H3,(H,27,33)(H,28,32). The molecule has 0 unspecified atom stereocenters. The molecule has 1 aliphatic heterocycles. The summed E-state index contributed by atoms with van der Waals surface area (Å²) in [4.78, 5) is 27.5. The number of nitrogens with one attached hydrogen (secondary N) is 2. The van der Waals surface area contributed by atoms with Crippen molar-refractivity contribution in [3.05, 3.63) is 60.2 Å². The van der Waals surface area contributed by atoms with E-state index in [1.807, 2.05) is 67.9 Å². The summed E-state index contributed by atoms with van der Waals surface area (Å²) in [6.45, 7) is 7.65. The molecule has 1 aliphatic rings. The van der Waals surface area contributed by atoms with Gasteiger partial charge in [-0.25, -0.2) is 4.68 Å². The van der Waals surface area contributed by atoms with Gasteiger partial charge in [0.05, 0.1) is 17.6 Å². The minimum Gasteiger partial charge on any atom is -0.469 e. The first-order chi connectivity index (χ1) is 16.4. The van der Waals surface area contributed by atoms with Crippen molar-refractivity contribution in [3.8, 4) is 5.69 Å². The van der Waals surface area contributed by atoms with Crippen LogP contribution >= 0.6 is 0 Å². The zero-order chi connectivity index (χ0) is 24.1. The quantitative estimate of drug-likeness (QED) is 0.528. The Morgan fingerprint density at radius 3 is 2.50 bits per heavy atom. The lowest BCUT2D eigenvalue weighted by atomic mass is 9.95. The van der Waals surface area contributed by atoms with E-state index in [0.717, 1.165) is 41.5 Å². The molecule has 2 N–H and O–H groups in total. The molecular weight excluding hydrogens is 430 g/mol. The van der Waals surface area contributed by atoms with E-state index in [0.29, 0.717) is 26.1 Å². The van der Waals surface area contributed by atoms with Crippen molar-refractivity contribution in [1.29, 1.82) is 0 Å². The molecular formula is C26H33N5O3. The Morgan fingerprint density at radius 2 is 1.85 bits per heavy atom. The number of piperidine rings is 1. The van der Waals surface area contributed by atoms with E-state index in [9.17, 15) is 9.59 Å². The van der Waals surface area contributed by atoms with Gasteiger partial charge < -0.3 is 20.0 Å². The summed E-state index contributed by atoms with van der Waals surface area (Å²) in [5.41, 5.74) is 2.44. The van der Waals surface area contributed by atoms with Crippen molar-refractivity contribution in [1.82, 2.24) is 15.1 Å². The molecule has 8 heteroatoms. The third-order valence-corrected chi connectivity index (χ3v) is 6.23. The van der Waals surface area contributed by atoms with Gasteiger partial charge in [-0.3, -0.25) is 9.59 Å². The number of nitrogens with zero attached hydrogens (tertiary/aromatic N) is 3. The van der Waals surface area contributed by atoms with E-state index < -0.39 is 0 Å². The van der Waals surface area contributed by atoms with Crippen molar-refractivity contribution < 1.29 is 14.0 Å². The van der Waals surface area contributed by atoms with Gasteiger partial charge in [0.25, 0.3) is 0 Å². The van der Waals surface area contributed by atoms with Crippen molar-refractivity contribution in [2.45, 2.75) is 40.0 Å². The van der Waals surface area contributed by atoms with Crippen LogP contribution in [-0.2, 0) is 16.0 Å². The molecule has 4 rings (SSSR count). The van der Waals surface area contributed by atoms with E-state index in [1.54, 1.807) is 6.26 Å². The minimum absolute atomic E-state index is 0.0317. The van der Waals surface area contributed by atoms with Gasteiger partial charge in [-0.1, -0.05) is 32.0 Å². The van der Waals surface area contributed by atoms with Gasteiger partial charge in [-0.05, 0) is 44.0 Å². The van der Waals surface area contributed by atoms with Gasteiger partial charge in [-0.2, -0.15) is 5.10 Å². The predicted molar refractivity (Wildman–Crippen MR) is 132 cm³/mol. The summed E-state index contributed by atoms with van der Waals surface area (Å²) >= 11 is 0. The van der Waals surface area contributed by atoms with E-state index in [4.69, 9.17) is 9.52 Å². The Morgan fingerprint density at radius 1 is 1.12 bits per heavy atom. The SMILES string of the molecule is Cc1nn(-c2ccccc2)c(N2CCC(C(=O)NCCc3ccco3)CC2)c1NC(=O)C(C)C. The monoisotopic (exact) mass is 463 g/mol. The highest BCUT2D eigenvalue weighted by molar-refractivity contribution is 5.96. The highest BCUT2D eigenvalue weighted by Crippen LogP contribution is 2.35. The fraction of sp³-hybridized carbons (Fsp3) is 0.423. The number of furan rings is 1. The Hall–Kier alpha value is -3.55. The molecule has 2 aromatic heterocycles. The maximum absolute atomic E-state index is 12.7. The number of anilines is 2. The van der Waals surface area contributed by atoms with Crippen LogP contribution in [0.3, 0.4) is 0 Å². The molecule has 3 aromatic rings. The number of aryl methyl sites for hydroxylation is 1. The lowest BCUT2D eigenvalue weighted by Gasteiger charge is -2.33. The van der Waals surface area contributed by atoms with Gasteiger partial charge in [0.15, 0.2) is 5.82 Å². The number of para-hydroxylation sites is 1. The smallest absolute Gasteiger partial charge is 0.227 e. The molecule has 0 spiro atoms. The molecule has 3 heterocycles. The average Bonchev–Trinajstić information content (AvgIpc) is 3.48. The van der Waals surface area contributed by atoms with E-state index in [1.165, 1.54) is 0 Å². The van der Waals surface area contributed by atoms with Crippen LogP contribution in [0.4, 0.5) is 11.5 Å². The van der Waals surface area contributed by atoms with E-state index in [-0.39, 0.29) is 23.7 Å². The normalized spacial score (nSPS) is 14.4. The molecule has 0 saturated carbocycles. The van der Waals surface area contributed by atoms with E-state index >= 15 is 0 Å². The first kappa shape index (κ1) is 23.6. The van der Waals surface area contributed by atoms with Crippen LogP contribution in [-0.4, -0.2) is 41.2 Å². The molecule has 8 nitrogen and oxygen atoms in total. The zero-order valence-corrected chi connectivity index (χ0v) is 20.1. The van der Waals surface area contributed by atoms with Crippen LogP contribution < -0.4 is 15.5 Å². The second-order valence-corrected chi connectivity index (χ2v) is 9.06. The largest absolute Gasteiger partial charge is 0.469 e. The van der Waals surface area contributed by atoms with Crippen molar-refractivity contribution in [3.63, 3.8) is 0 Å². The Bertz CT molecular complexity index is 1100. The van der Waals surface area contributed by atoms with Crippen LogP contribution in [0.25, 0.3) is 5.69 Å². The van der Waals surface area contributed by atoms with Crippen molar-refractivity contribution in [2.75, 3.05) is 29.9 Å². The highest BCUT2D eigenvalue weighted by atomic mass is 16.3. The number of carbonyl (C=O) groups is 2. The minimum atomic E-state index is -0.136. The Balaban J connectivity index is 1.47. The predicted octanol–water partition coefficient (Wildman–Crippen LogP) is 3.94. The number of hydrogen-bond donors (Lipinski definition) is 2. The first-order valence-corrected chi connectivity index (χ1v) is 11.9. The molecule has 0 aliphatic carbocycles. The molecule has 0 radical (unpaired) electrons. The van der Waals surface area contributed by atoms with Gasteiger partial charge in [0.1, 0.15) is 11.4 Å². The average molecular weight is 464 g/mol. The van der Waals surface area contributed by atoms with Gasteiger partial charge in [-0.15, -0.1) is 0 Å². The van der Waals surface area contributed by atoms with Crippen LogP contribution in [0, 0.1) is 18.8 Å². The molecule has 0 bridgehead atoms. The van der Waals surface area contributed by atoms with Crippen LogP contribution in [0.1, 0.15) is 38.1 Å². The summed E-state index contributed by atoms with van der Waals surface area (Å²) in [5, 5.41) is 10.9. The zero-order valence-electron chi connectivity index (χ0n) is 20.1. The van der Waals surface area contributed by atoms with Crippen molar-refractivity contribution >= 4 is 23.3 Å². The highest BCUT2D eigenvalue weighted by Gasteiger charge is 2.30. The third kappa shape index (κ3) is 5.32. The van der Waals surface area contributed by atoms with Crippen LogP contribution in [0.15, 0.2) is 53.1 Å². The number of amides is 2. The molecule has 180 valence electrons. The van der Waals surface area contributed by atoms with Crippen molar-refractivity contribution in [2.24, 2.45) is 11.8 Å². The molecule has 2 amide bonds. The Kier molecular flexibility index (Phi) is 7.35. The Labute approximate surface area is 200 Å². The number of benzene rings is 1. The summed E-state index contributed by atoms with van der Waals surface area (Å²) < 4.78 is 7.23. The van der Waals surface area contributed by atoms with E-state index in [2.05, 4.69) is 15.5 Å². The molecule has 1 aromatic carbocycles. The van der Waals surface area contributed by atoms with Gasteiger partial charge in [0, 0.05) is 37.9 Å². The summed E-state index contributed by atoms with van der Waals surface area (Å²) in [6, 6.07) is 13.7. The topological polar surface area (TPSA) is 92.4 Å². The summed E-state index contributed by atoms with van der Waals surface area (Å²) in [7, 11) is 0. The molecule has 1 fully saturated rings. The second-order valence-electron chi connectivity index (χ2n) is 9.06. The van der Waals surface area contributed by atoms with Crippen LogP contribution in [0.2, 0.25) is 0 Å². The maximum Gasteiger partial charge on any atom is 0.227 e. The summed E-state index contributed by atoms with van der Waals surface area (Å²) in [5.74, 6) is 1.62. The molecule has 34 heavy (non-hydrogen) atoms. The van der Waals surface area contributed by atoms with Crippen LogP contribution in [0.5, 0.6) is 0 Å². The fourth-order valence-electron chi connectivity index (χ4n) is 4.23. The van der Waals surface area contributed by atoms with Gasteiger partial charge >= 0.3 is 0 Å². The number of carbonyl (C=O) groups excluding carboxylic acids is 2. The number of hydrogen-bond acceptors (Lipinski definition) is 5. The molecule has 1 saturated heterocycles. The lowest BCUT2D eigenvalue weighted by Crippen LogP contribution is -2.42. The second kappa shape index (κ2) is 10.6. The molecule has 0 atom stereocenters. The summed E-state index contributed by atoms with van der Waals surface area (Å²) in [6.07, 6.45) is 3.81. The fourth-order valence-corrected chi connectivity index (χ4v) is 4.23. The number of rotatable bonds is 8. The lowest BCUT2D eigenvalue weighted by molar-refractivity contribution is -0.125. The number of aromatic nitrogens is 2. The first-order valence-electron chi connectivity index (χ1n) is 11.9. The maximum atomic E-state index is 12.7. The third-order valence-electron chi connectivity index (χ3n) is 6.23.